The first-order valence-electron chi connectivity index (χ1n) is 51.2. The summed E-state index contributed by atoms with van der Waals surface area (Å²) >= 11 is 5.94. The molecule has 12 rings (SSSR count). The van der Waals surface area contributed by atoms with Crippen LogP contribution >= 0.6 is 11.6 Å². The van der Waals surface area contributed by atoms with E-state index >= 15 is 0 Å². The highest BCUT2D eigenvalue weighted by atomic mass is 35.5. The molecule has 18 atom stereocenters. The van der Waals surface area contributed by atoms with E-state index in [9.17, 15) is 92.2 Å². The van der Waals surface area contributed by atoms with Crippen molar-refractivity contribution in [2.24, 2.45) is 0 Å². The molecule has 0 amide bonds. The first-order valence-corrected chi connectivity index (χ1v) is 51.6. The van der Waals surface area contributed by atoms with E-state index in [2.05, 4.69) is 47.4 Å². The van der Waals surface area contributed by atoms with E-state index in [0.29, 0.717) is 56.1 Å². The third kappa shape index (κ3) is 38.2. The molecule has 145 heavy (non-hydrogen) atoms. The van der Waals surface area contributed by atoms with Gasteiger partial charge in [-0.25, -0.2) is 13.2 Å². The fourth-order valence-corrected chi connectivity index (χ4v) is 21.8. The van der Waals surface area contributed by atoms with Gasteiger partial charge in [-0.05, 0) is 417 Å². The number of nitrogens with zero attached hydrogens (tertiary/aromatic N) is 6. The van der Waals surface area contributed by atoms with Gasteiger partial charge in [-0.1, -0.05) is 87.0 Å². The molecule has 0 saturated heterocycles. The number of halogens is 22. The molecule has 0 aromatic heterocycles. The average molecular weight is 2110 g/mol. The molecule has 0 bridgehead atoms. The van der Waals surface area contributed by atoms with Crippen molar-refractivity contribution in [1.82, 2.24) is 29.4 Å². The standard InChI is InChI=1S/C20H30F3NO.C19H28F3NO.C18H25ClF3NO.3C18H25F4NO/c1-5-24(6-2)18-13-16(10-11-19(18)25-14(3)4)15-8-7-9-17(12-15)20(21,22)23;1-5-23(4)17-12-15(9-10-18(17)24-13(2)3)14-7-6-8-16(11-14)19(20,21)22;1-11(2)24-17-6-5-12(9-16(17)23(3)4)13-7-14(18(20,21)22)10-15(19)8-13;1-11(2)24-17-8-5-12(9-16(17)23(3)4)14-10-13(18(20,21)22)6-7-15(14)19;1-11(2)24-17-8-6-13(10-16(17)23(3)4)12-5-7-15(19)14(9-12)18(20,21)22;1-11(2)24-16-9-8-12(10-15(16)23(3)4)13-6-5-7-14(17(13)19)18(20,21)22/h7-9,12,14,16,18-19H,5-6,10-11,13H2,1-4H3;6-8,11,13,15,17-18H,5,9-10,12H2,1-4H3;7-8,10-12,16-17H,5-6,9H2,1-4H3;6-7,10-12,16-17H,5,8-9H2,1-4H3;5,7,9,11,13,16-17H,6,8,10H2,1-4H3;5-7,11-12,15-16H,8-10H2,1-4H3/t16-,18-,19-;15-,17-,18-;2*12-,16-,17-;13-,16-,17-;12-,15-,16-/m000000/s1. The maximum atomic E-state index is 14.4. The molecule has 0 unspecified atom stereocenters. The van der Waals surface area contributed by atoms with Gasteiger partial charge in [-0.15, -0.1) is 0 Å². The molecule has 6 aliphatic carbocycles. The van der Waals surface area contributed by atoms with Crippen LogP contribution in [0.15, 0.2) is 121 Å². The van der Waals surface area contributed by atoms with Crippen LogP contribution in [0.4, 0.5) is 92.2 Å². The monoisotopic (exact) mass is 2110 g/mol. The molecule has 822 valence electrons. The Balaban J connectivity index is 0.000000236. The highest BCUT2D eigenvalue weighted by molar-refractivity contribution is 6.30. The Bertz CT molecular complexity index is 4780. The number of ether oxygens (including phenoxy) is 6. The zero-order valence-electron chi connectivity index (χ0n) is 88.7. The SMILES string of the molecule is CC(C)O[C@H]1CC[C@H](c2cc(C(F)(F)F)ccc2F)C[C@@H]1N(C)C.CC(C)O[C@H]1CC[C@H](c2cc(Cl)cc(C(F)(F)F)c2)C[C@@H]1N(C)C.CC(C)O[C@H]1CC[C@H](c2ccc(F)c(C(F)(F)F)c2)C[C@@H]1N(C)C.CC(C)O[C@H]1CC[C@H](c2cccc(C(F)(F)F)c2F)C[C@@H]1N(C)C.CCN(C)[C@H]1C[C@@H](c2cccc(C(F)(F)F)c2)CC[C@@H]1OC(C)C.CCN(CC)[C@H]1C[C@@H](c2cccc(C(F)(F)F)c2)CC[C@@H]1OC(C)C. The largest absolute Gasteiger partial charge is 0.419 e. The van der Waals surface area contributed by atoms with Crippen molar-refractivity contribution in [2.45, 2.75) is 401 Å². The molecule has 12 nitrogen and oxygen atoms in total. The van der Waals surface area contributed by atoms with Crippen molar-refractivity contribution >= 4 is 11.6 Å². The third-order valence-corrected chi connectivity index (χ3v) is 28.8. The molecule has 6 aliphatic rings. The minimum absolute atomic E-state index is 0.0186. The second-order valence-electron chi connectivity index (χ2n) is 42.1. The van der Waals surface area contributed by atoms with Gasteiger partial charge in [0.15, 0.2) is 0 Å². The molecule has 0 radical (unpaired) electrons. The first kappa shape index (κ1) is 126. The van der Waals surface area contributed by atoms with Crippen LogP contribution in [0.2, 0.25) is 5.02 Å². The zero-order chi connectivity index (χ0) is 109. The molecule has 6 fully saturated rings. The summed E-state index contributed by atoms with van der Waals surface area (Å²) in [5.41, 5.74) is -1.78. The van der Waals surface area contributed by atoms with Crippen LogP contribution < -0.4 is 0 Å². The number of hydrogen-bond donors (Lipinski definition) is 0. The topological polar surface area (TPSA) is 74.8 Å². The lowest BCUT2D eigenvalue weighted by atomic mass is 9.78. The minimum Gasteiger partial charge on any atom is -0.374 e. The van der Waals surface area contributed by atoms with Crippen molar-refractivity contribution in [3.8, 4) is 0 Å². The zero-order valence-corrected chi connectivity index (χ0v) is 89.5. The van der Waals surface area contributed by atoms with E-state index in [1.807, 2.05) is 161 Å². The highest BCUT2D eigenvalue weighted by Gasteiger charge is 2.46. The molecular formula is C111H158ClF21N6O6. The molecule has 6 aromatic rings. The van der Waals surface area contributed by atoms with Gasteiger partial charge in [0.05, 0.1) is 107 Å². The Morgan fingerprint density at radius 2 is 0.572 bits per heavy atom. The third-order valence-electron chi connectivity index (χ3n) is 28.6. The predicted octanol–water partition coefficient (Wildman–Crippen LogP) is 30.4. The number of rotatable bonds is 27. The summed E-state index contributed by atoms with van der Waals surface area (Å²) < 4.78 is 312. The molecule has 6 aromatic carbocycles. The number of hydrogen-bond acceptors (Lipinski definition) is 12. The number of likely N-dealkylation sites (N-methyl/N-ethyl adjacent to an activating group) is 6. The lowest BCUT2D eigenvalue weighted by Gasteiger charge is -2.42. The summed E-state index contributed by atoms with van der Waals surface area (Å²) in [6.07, 6.45) is -11.8. The quantitative estimate of drug-likeness (QED) is 0.0461. The maximum absolute atomic E-state index is 14.4. The second-order valence-corrected chi connectivity index (χ2v) is 42.6. The summed E-state index contributed by atoms with van der Waals surface area (Å²) in [6.45, 7) is 33.1. The molecular weight excluding hydrogens is 1950 g/mol. The van der Waals surface area contributed by atoms with Crippen LogP contribution in [0.1, 0.15) is 322 Å². The molecule has 0 spiro atoms. The minimum atomic E-state index is -4.67. The van der Waals surface area contributed by atoms with Gasteiger partial charge in [-0.3, -0.25) is 4.90 Å². The van der Waals surface area contributed by atoms with Crippen molar-refractivity contribution in [1.29, 1.82) is 0 Å². The van der Waals surface area contributed by atoms with E-state index in [1.54, 1.807) is 6.07 Å². The predicted molar refractivity (Wildman–Crippen MR) is 532 cm³/mol. The van der Waals surface area contributed by atoms with Gasteiger partial charge in [0.2, 0.25) is 0 Å². The molecule has 0 heterocycles. The van der Waals surface area contributed by atoms with Gasteiger partial charge in [0.25, 0.3) is 0 Å². The van der Waals surface area contributed by atoms with Crippen molar-refractivity contribution < 1.29 is 121 Å². The summed E-state index contributed by atoms with van der Waals surface area (Å²) in [5.74, 6) is -3.02. The van der Waals surface area contributed by atoms with Crippen LogP contribution in [0, 0.1) is 17.5 Å². The van der Waals surface area contributed by atoms with Crippen LogP contribution in [-0.4, -0.2) is 222 Å². The summed E-state index contributed by atoms with van der Waals surface area (Å²) in [5, 5.41) is 0.141. The second kappa shape index (κ2) is 55.8. The highest BCUT2D eigenvalue weighted by Crippen LogP contribution is 2.49. The Labute approximate surface area is 852 Å². The maximum Gasteiger partial charge on any atom is 0.419 e. The molecule has 0 aliphatic heterocycles. The fraction of sp³-hybridized carbons (Fsp3) is 0.676. The molecule has 0 N–H and O–H groups in total. The average Bonchev–Trinajstić information content (AvgIpc) is 0.762. The first-order chi connectivity index (χ1) is 67.3. The Morgan fingerprint density at radius 1 is 0.276 bits per heavy atom. The van der Waals surface area contributed by atoms with Gasteiger partial charge in [0.1, 0.15) is 17.5 Å². The number of benzene rings is 6. The van der Waals surface area contributed by atoms with Crippen LogP contribution in [-0.2, 0) is 65.5 Å². The van der Waals surface area contributed by atoms with Gasteiger partial charge < -0.3 is 52.9 Å². The summed E-state index contributed by atoms with van der Waals surface area (Å²) in [4.78, 5) is 12.8. The lowest BCUT2D eigenvalue weighted by Crippen LogP contribution is -2.48. The summed E-state index contributed by atoms with van der Waals surface area (Å²) in [7, 11) is 17.6. The molecule has 34 heteroatoms. The van der Waals surface area contributed by atoms with Crippen molar-refractivity contribution in [3.63, 3.8) is 0 Å². The lowest BCUT2D eigenvalue weighted by molar-refractivity contribution is -0.141. The van der Waals surface area contributed by atoms with Crippen LogP contribution in [0.3, 0.4) is 0 Å². The molecule has 6 saturated carbocycles. The van der Waals surface area contributed by atoms with Crippen LogP contribution in [0.5, 0.6) is 0 Å². The smallest absolute Gasteiger partial charge is 0.374 e. The Morgan fingerprint density at radius 3 is 0.917 bits per heavy atom. The normalized spacial score (nSPS) is 25.4. The Kier molecular flexibility index (Phi) is 48.3. The van der Waals surface area contributed by atoms with Gasteiger partial charge in [-0.2, -0.15) is 79.0 Å². The van der Waals surface area contributed by atoms with E-state index in [-0.39, 0.29) is 161 Å². The van der Waals surface area contributed by atoms with E-state index in [0.717, 1.165) is 156 Å². The van der Waals surface area contributed by atoms with Crippen LogP contribution in [0.25, 0.3) is 0 Å². The van der Waals surface area contributed by atoms with E-state index < -0.39 is 87.9 Å². The van der Waals surface area contributed by atoms with Crippen molar-refractivity contribution in [3.05, 3.63) is 211 Å². The van der Waals surface area contributed by atoms with Gasteiger partial charge in [0, 0.05) is 41.3 Å². The van der Waals surface area contributed by atoms with E-state index in [1.165, 1.54) is 48.5 Å². The van der Waals surface area contributed by atoms with Gasteiger partial charge >= 0.3 is 37.1 Å². The fourth-order valence-electron chi connectivity index (χ4n) is 21.6. The Hall–Kier alpha value is -6.34. The number of alkyl halides is 18. The van der Waals surface area contributed by atoms with Crippen molar-refractivity contribution in [2.75, 3.05) is 83.1 Å². The van der Waals surface area contributed by atoms with E-state index in [4.69, 9.17) is 40.0 Å². The summed E-state index contributed by atoms with van der Waals surface area (Å²) in [6, 6.07) is 26.1.